The third-order valence-electron chi connectivity index (χ3n) is 7.08. The van der Waals surface area contributed by atoms with Gasteiger partial charge in [-0.05, 0) is 36.8 Å². The van der Waals surface area contributed by atoms with Crippen molar-refractivity contribution in [3.63, 3.8) is 0 Å². The monoisotopic (exact) mass is 505 g/mol. The molecule has 3 aromatic rings. The second-order valence-corrected chi connectivity index (χ2v) is 9.82. The summed E-state index contributed by atoms with van der Waals surface area (Å²) in [4.78, 5) is 56.2. The molecule has 35 heavy (non-hydrogen) atoms. The normalized spacial score (nSPS) is 24.4. The number of fused-ring (bicyclic) bond motifs is 3. The largest absolute Gasteiger partial charge is 0.349 e. The Morgan fingerprint density at radius 3 is 2.03 bits per heavy atom. The summed E-state index contributed by atoms with van der Waals surface area (Å²) >= 11 is 12.3. The minimum atomic E-state index is -2.13. The molecule has 0 aromatic heterocycles. The topological polar surface area (TPSA) is 80.8 Å². The van der Waals surface area contributed by atoms with E-state index in [-0.39, 0.29) is 16.1 Å². The molecule has 6 nitrogen and oxygen atoms in total. The molecule has 3 atom stereocenters. The standard InChI is InChI=1S/C27H17Cl2NO5/c1-13-6-9-15(10-7-13)30-25(33)20-21(26(30)34)27(23(31)16-4-2-3-5-17(16)24(27)32)35-22(20)14-8-11-18(28)19(29)12-14/h2-12,20-22H,1H3/t20-,21+,22+/m0/s1. The van der Waals surface area contributed by atoms with Crippen LogP contribution in [-0.4, -0.2) is 29.0 Å². The van der Waals surface area contributed by atoms with Crippen molar-refractivity contribution in [2.24, 2.45) is 11.8 Å². The van der Waals surface area contributed by atoms with Gasteiger partial charge in [0.15, 0.2) is 0 Å². The van der Waals surface area contributed by atoms with Crippen LogP contribution in [0.25, 0.3) is 0 Å². The number of rotatable bonds is 2. The highest BCUT2D eigenvalue weighted by Gasteiger charge is 2.74. The molecule has 3 aliphatic rings. The molecule has 2 fully saturated rings. The third kappa shape index (κ3) is 2.88. The lowest BCUT2D eigenvalue weighted by Gasteiger charge is -2.27. The second-order valence-electron chi connectivity index (χ2n) is 9.00. The average molecular weight is 506 g/mol. The number of Topliss-reactive ketones (excluding diaryl/α,β-unsaturated/α-hetero) is 2. The molecule has 2 heterocycles. The van der Waals surface area contributed by atoms with Crippen LogP contribution in [0.5, 0.6) is 0 Å². The van der Waals surface area contributed by atoms with E-state index in [1.165, 1.54) is 18.2 Å². The van der Waals surface area contributed by atoms with Crippen molar-refractivity contribution < 1.29 is 23.9 Å². The van der Waals surface area contributed by atoms with Crippen molar-refractivity contribution in [2.75, 3.05) is 4.90 Å². The number of hydrogen-bond donors (Lipinski definition) is 0. The predicted molar refractivity (Wildman–Crippen MR) is 129 cm³/mol. The number of ketones is 2. The van der Waals surface area contributed by atoms with Gasteiger partial charge in [-0.3, -0.25) is 19.2 Å². The molecule has 2 saturated heterocycles. The minimum Gasteiger partial charge on any atom is -0.349 e. The first-order valence-electron chi connectivity index (χ1n) is 11.0. The van der Waals surface area contributed by atoms with E-state index >= 15 is 0 Å². The van der Waals surface area contributed by atoms with Gasteiger partial charge in [-0.25, -0.2) is 4.90 Å². The summed E-state index contributed by atoms with van der Waals surface area (Å²) in [5, 5.41) is 0.528. The van der Waals surface area contributed by atoms with Crippen molar-refractivity contribution in [1.29, 1.82) is 0 Å². The van der Waals surface area contributed by atoms with Crippen molar-refractivity contribution in [1.82, 2.24) is 0 Å². The molecule has 2 amide bonds. The highest BCUT2D eigenvalue weighted by molar-refractivity contribution is 6.42. The first kappa shape index (κ1) is 22.2. The fraction of sp³-hybridized carbons (Fsp3) is 0.185. The SMILES string of the molecule is Cc1ccc(N2C(=O)[C@@H]3[C@@H](c4ccc(Cl)c(Cl)c4)OC4(C(=O)c5ccccc5C4=O)[C@H]3C2=O)cc1. The van der Waals surface area contributed by atoms with E-state index in [9.17, 15) is 19.2 Å². The number of aryl methyl sites for hydroxylation is 1. The zero-order valence-corrected chi connectivity index (χ0v) is 19.8. The zero-order chi connectivity index (χ0) is 24.6. The zero-order valence-electron chi connectivity index (χ0n) is 18.3. The summed E-state index contributed by atoms with van der Waals surface area (Å²) < 4.78 is 6.24. The Bertz CT molecular complexity index is 1430. The fourth-order valence-corrected chi connectivity index (χ4v) is 5.76. The van der Waals surface area contributed by atoms with Crippen LogP contribution in [0.15, 0.2) is 66.7 Å². The molecule has 174 valence electrons. The Morgan fingerprint density at radius 2 is 1.43 bits per heavy atom. The molecule has 1 spiro atoms. The van der Waals surface area contributed by atoms with E-state index in [1.54, 1.807) is 48.5 Å². The van der Waals surface area contributed by atoms with Crippen molar-refractivity contribution in [3.8, 4) is 0 Å². The summed E-state index contributed by atoms with van der Waals surface area (Å²) in [6.07, 6.45) is -1.05. The minimum absolute atomic E-state index is 0.181. The number of halogens is 2. The maximum atomic E-state index is 13.9. The molecule has 0 unspecified atom stereocenters. The lowest BCUT2D eigenvalue weighted by molar-refractivity contribution is -0.127. The van der Waals surface area contributed by atoms with Gasteiger partial charge < -0.3 is 4.74 Å². The van der Waals surface area contributed by atoms with Crippen molar-refractivity contribution in [2.45, 2.75) is 18.6 Å². The van der Waals surface area contributed by atoms with Crippen molar-refractivity contribution in [3.05, 3.63) is 99.0 Å². The summed E-state index contributed by atoms with van der Waals surface area (Å²) in [5.41, 5.74) is 0.0172. The van der Waals surface area contributed by atoms with E-state index in [0.717, 1.165) is 10.5 Å². The summed E-state index contributed by atoms with van der Waals surface area (Å²) in [6.45, 7) is 1.89. The maximum absolute atomic E-state index is 13.9. The third-order valence-corrected chi connectivity index (χ3v) is 7.82. The van der Waals surface area contributed by atoms with E-state index in [0.29, 0.717) is 16.3 Å². The molecular weight excluding hydrogens is 489 g/mol. The van der Waals surface area contributed by atoms with Gasteiger partial charge in [-0.15, -0.1) is 0 Å². The van der Waals surface area contributed by atoms with Gasteiger partial charge in [-0.1, -0.05) is 71.2 Å². The number of ether oxygens (including phenoxy) is 1. The average Bonchev–Trinajstić information content (AvgIpc) is 3.42. The van der Waals surface area contributed by atoms with Crippen LogP contribution >= 0.6 is 23.2 Å². The number of nitrogens with zero attached hydrogens (tertiary/aromatic N) is 1. The van der Waals surface area contributed by atoms with Crippen LogP contribution in [0.2, 0.25) is 10.0 Å². The van der Waals surface area contributed by atoms with Crippen LogP contribution in [0.1, 0.15) is 37.9 Å². The highest BCUT2D eigenvalue weighted by Crippen LogP contribution is 2.58. The summed E-state index contributed by atoms with van der Waals surface area (Å²) in [7, 11) is 0. The molecule has 0 saturated carbocycles. The van der Waals surface area contributed by atoms with E-state index in [1.807, 2.05) is 6.92 Å². The maximum Gasteiger partial charge on any atom is 0.241 e. The van der Waals surface area contributed by atoms with E-state index in [2.05, 4.69) is 0 Å². The number of amides is 2. The predicted octanol–water partition coefficient (Wildman–Crippen LogP) is 5.00. The summed E-state index contributed by atoms with van der Waals surface area (Å²) in [5.74, 6) is -4.80. The molecule has 8 heteroatoms. The quantitative estimate of drug-likeness (QED) is 0.361. The van der Waals surface area contributed by atoms with Crippen LogP contribution < -0.4 is 4.90 Å². The molecule has 0 N–H and O–H groups in total. The molecular formula is C27H17Cl2NO5. The Hall–Kier alpha value is -3.32. The highest BCUT2D eigenvalue weighted by atomic mass is 35.5. The van der Waals surface area contributed by atoms with Gasteiger partial charge in [-0.2, -0.15) is 0 Å². The van der Waals surface area contributed by atoms with E-state index in [4.69, 9.17) is 27.9 Å². The van der Waals surface area contributed by atoms with E-state index < -0.39 is 46.9 Å². The Morgan fingerprint density at radius 1 is 0.800 bits per heavy atom. The van der Waals surface area contributed by atoms with Crippen LogP contribution in [0, 0.1) is 18.8 Å². The van der Waals surface area contributed by atoms with Crippen LogP contribution in [0.4, 0.5) is 5.69 Å². The molecule has 1 aliphatic carbocycles. The van der Waals surface area contributed by atoms with Gasteiger partial charge in [0.05, 0.1) is 33.7 Å². The molecule has 3 aromatic carbocycles. The number of imide groups is 1. The number of carbonyl (C=O) groups is 4. The van der Waals surface area contributed by atoms with Gasteiger partial charge in [0.25, 0.3) is 0 Å². The number of carbonyl (C=O) groups excluding carboxylic acids is 4. The molecule has 0 radical (unpaired) electrons. The number of benzene rings is 3. The fourth-order valence-electron chi connectivity index (χ4n) is 5.46. The Labute approximate surface area is 210 Å². The smallest absolute Gasteiger partial charge is 0.241 e. The first-order chi connectivity index (χ1) is 16.8. The molecule has 0 bridgehead atoms. The number of anilines is 1. The summed E-state index contributed by atoms with van der Waals surface area (Å²) in [6, 6.07) is 18.0. The molecule has 2 aliphatic heterocycles. The lowest BCUT2D eigenvalue weighted by atomic mass is 9.77. The first-order valence-corrected chi connectivity index (χ1v) is 11.8. The Kier molecular flexibility index (Phi) is 4.81. The van der Waals surface area contributed by atoms with Gasteiger partial charge in [0.1, 0.15) is 0 Å². The lowest BCUT2D eigenvalue weighted by Crippen LogP contribution is -2.51. The second kappa shape index (κ2) is 7.59. The molecule has 6 rings (SSSR count). The Balaban J connectivity index is 1.55. The van der Waals surface area contributed by atoms with Crippen molar-refractivity contribution >= 4 is 52.3 Å². The van der Waals surface area contributed by atoms with Crippen LogP contribution in [0.3, 0.4) is 0 Å². The van der Waals surface area contributed by atoms with Gasteiger partial charge >= 0.3 is 0 Å². The van der Waals surface area contributed by atoms with Gasteiger partial charge in [0, 0.05) is 11.1 Å². The number of hydrogen-bond acceptors (Lipinski definition) is 5. The van der Waals surface area contributed by atoms with Gasteiger partial charge in [0.2, 0.25) is 29.0 Å². The van der Waals surface area contributed by atoms with Crippen LogP contribution in [-0.2, 0) is 14.3 Å².